The van der Waals surface area contributed by atoms with E-state index in [0.717, 1.165) is 24.4 Å². The molecule has 0 aliphatic rings. The first-order chi connectivity index (χ1) is 8.70. The smallest absolute Gasteiger partial charge is 0.138 e. The summed E-state index contributed by atoms with van der Waals surface area (Å²) in [6.07, 6.45) is 2.35. The molecular formula is C13H16ClN3O. The van der Waals surface area contributed by atoms with Gasteiger partial charge in [-0.3, -0.25) is 4.68 Å². The minimum absolute atomic E-state index is 0.445. The molecule has 0 aliphatic carbocycles. The Kier molecular flexibility index (Phi) is 4.33. The lowest BCUT2D eigenvalue weighted by Crippen LogP contribution is -2.10. The van der Waals surface area contributed by atoms with Gasteiger partial charge in [-0.15, -0.1) is 0 Å². The van der Waals surface area contributed by atoms with Gasteiger partial charge in [-0.25, -0.2) is 4.98 Å². The number of hydrogen-bond acceptors (Lipinski definition) is 3. The molecule has 96 valence electrons. The summed E-state index contributed by atoms with van der Waals surface area (Å²) in [5, 5.41) is 14.9. The summed E-state index contributed by atoms with van der Waals surface area (Å²) in [5.74, 6) is 0.796. The molecule has 4 nitrogen and oxygen atoms in total. The second kappa shape index (κ2) is 5.98. The first kappa shape index (κ1) is 13.1. The average molecular weight is 266 g/mol. The van der Waals surface area contributed by atoms with Gasteiger partial charge in [0.25, 0.3) is 0 Å². The van der Waals surface area contributed by atoms with E-state index in [0.29, 0.717) is 11.4 Å². The molecule has 1 N–H and O–H groups in total. The Bertz CT molecular complexity index is 512. The normalized spacial score (nSPS) is 12.6. The van der Waals surface area contributed by atoms with Crippen LogP contribution in [0.5, 0.6) is 0 Å². The van der Waals surface area contributed by atoms with Crippen LogP contribution < -0.4 is 0 Å². The van der Waals surface area contributed by atoms with Crippen molar-refractivity contribution in [2.75, 3.05) is 0 Å². The van der Waals surface area contributed by atoms with Gasteiger partial charge in [0, 0.05) is 18.0 Å². The minimum Gasteiger partial charge on any atom is -0.388 e. The molecule has 1 atom stereocenters. The largest absolute Gasteiger partial charge is 0.388 e. The zero-order valence-electron chi connectivity index (χ0n) is 10.3. The summed E-state index contributed by atoms with van der Waals surface area (Å²) in [6, 6.07) is 7.25. The summed E-state index contributed by atoms with van der Waals surface area (Å²) in [4.78, 5) is 4.18. The van der Waals surface area contributed by atoms with Gasteiger partial charge in [0.1, 0.15) is 12.2 Å². The summed E-state index contributed by atoms with van der Waals surface area (Å²) in [7, 11) is 0. The molecule has 1 aromatic heterocycles. The fourth-order valence-electron chi connectivity index (χ4n) is 1.85. The van der Waals surface area contributed by atoms with Crippen LogP contribution in [0.3, 0.4) is 0 Å². The monoisotopic (exact) mass is 265 g/mol. The standard InChI is InChI=1S/C13H16ClN3O/c1-2-6-17-13(15-9-16-17)8-12(18)10-4-3-5-11(14)7-10/h3-5,7,9,12,18H,2,6,8H2,1H3. The Morgan fingerprint density at radius 3 is 3.00 bits per heavy atom. The lowest BCUT2D eigenvalue weighted by Gasteiger charge is -2.11. The van der Waals surface area contributed by atoms with E-state index in [2.05, 4.69) is 17.0 Å². The number of nitrogens with zero attached hydrogens (tertiary/aromatic N) is 3. The van der Waals surface area contributed by atoms with Gasteiger partial charge in [-0.05, 0) is 24.1 Å². The second-order valence-electron chi connectivity index (χ2n) is 4.17. The van der Waals surface area contributed by atoms with Crippen molar-refractivity contribution in [3.8, 4) is 0 Å². The van der Waals surface area contributed by atoms with Crippen molar-refractivity contribution in [2.24, 2.45) is 0 Å². The van der Waals surface area contributed by atoms with E-state index in [9.17, 15) is 5.11 Å². The average Bonchev–Trinajstić information content (AvgIpc) is 2.77. The molecule has 5 heteroatoms. The molecule has 1 heterocycles. The third-order valence-corrected chi connectivity index (χ3v) is 2.98. The second-order valence-corrected chi connectivity index (χ2v) is 4.61. The van der Waals surface area contributed by atoms with Gasteiger partial charge in [0.05, 0.1) is 6.10 Å². The van der Waals surface area contributed by atoms with Crippen LogP contribution in [0.15, 0.2) is 30.6 Å². The van der Waals surface area contributed by atoms with Crippen molar-refractivity contribution in [3.63, 3.8) is 0 Å². The van der Waals surface area contributed by atoms with Crippen LogP contribution in [0.4, 0.5) is 0 Å². The number of halogens is 1. The predicted molar refractivity (Wildman–Crippen MR) is 70.4 cm³/mol. The molecule has 0 bridgehead atoms. The van der Waals surface area contributed by atoms with Crippen LogP contribution in [-0.2, 0) is 13.0 Å². The molecule has 0 amide bonds. The number of aromatic nitrogens is 3. The van der Waals surface area contributed by atoms with E-state index in [1.807, 2.05) is 16.8 Å². The lowest BCUT2D eigenvalue weighted by molar-refractivity contribution is 0.174. The SMILES string of the molecule is CCCn1ncnc1CC(O)c1cccc(Cl)c1. The topological polar surface area (TPSA) is 50.9 Å². The highest BCUT2D eigenvalue weighted by molar-refractivity contribution is 6.30. The molecule has 1 aromatic carbocycles. The van der Waals surface area contributed by atoms with E-state index >= 15 is 0 Å². The zero-order valence-corrected chi connectivity index (χ0v) is 11.0. The number of aryl methyl sites for hydroxylation is 1. The third-order valence-electron chi connectivity index (χ3n) is 2.74. The molecule has 0 saturated heterocycles. The first-order valence-corrected chi connectivity index (χ1v) is 6.38. The van der Waals surface area contributed by atoms with Crippen LogP contribution >= 0.6 is 11.6 Å². The Morgan fingerprint density at radius 2 is 2.28 bits per heavy atom. The third kappa shape index (κ3) is 3.09. The molecule has 2 rings (SSSR count). The summed E-state index contributed by atoms with van der Waals surface area (Å²) in [6.45, 7) is 2.90. The zero-order chi connectivity index (χ0) is 13.0. The van der Waals surface area contributed by atoms with Crippen LogP contribution in [0.1, 0.15) is 30.8 Å². The highest BCUT2D eigenvalue weighted by atomic mass is 35.5. The van der Waals surface area contributed by atoms with E-state index < -0.39 is 6.10 Å². The number of aliphatic hydroxyl groups excluding tert-OH is 1. The molecule has 2 aromatic rings. The molecule has 0 fully saturated rings. The molecule has 0 spiro atoms. The maximum Gasteiger partial charge on any atom is 0.138 e. The molecule has 0 radical (unpaired) electrons. The van der Waals surface area contributed by atoms with Crippen LogP contribution in [0, 0.1) is 0 Å². The van der Waals surface area contributed by atoms with Gasteiger partial charge in [0.15, 0.2) is 0 Å². The fourth-order valence-corrected chi connectivity index (χ4v) is 2.05. The Labute approximate surface area is 111 Å². The van der Waals surface area contributed by atoms with Gasteiger partial charge in [-0.2, -0.15) is 5.10 Å². The molecule has 0 aliphatic heterocycles. The Balaban J connectivity index is 2.11. The number of aliphatic hydroxyl groups is 1. The highest BCUT2D eigenvalue weighted by Gasteiger charge is 2.13. The number of benzene rings is 1. The fraction of sp³-hybridized carbons (Fsp3) is 0.385. The van der Waals surface area contributed by atoms with Crippen molar-refractivity contribution in [3.05, 3.63) is 47.0 Å². The van der Waals surface area contributed by atoms with E-state index in [1.165, 1.54) is 6.33 Å². The summed E-state index contributed by atoms with van der Waals surface area (Å²) in [5.41, 5.74) is 0.800. The maximum atomic E-state index is 10.2. The highest BCUT2D eigenvalue weighted by Crippen LogP contribution is 2.20. The maximum absolute atomic E-state index is 10.2. The van der Waals surface area contributed by atoms with Crippen LogP contribution in [0.2, 0.25) is 5.02 Å². The van der Waals surface area contributed by atoms with Gasteiger partial charge < -0.3 is 5.11 Å². The number of hydrogen-bond donors (Lipinski definition) is 1. The van der Waals surface area contributed by atoms with E-state index in [4.69, 9.17) is 11.6 Å². The molecule has 18 heavy (non-hydrogen) atoms. The van der Waals surface area contributed by atoms with Crippen molar-refractivity contribution in [2.45, 2.75) is 32.4 Å². The quantitative estimate of drug-likeness (QED) is 0.904. The van der Waals surface area contributed by atoms with Crippen molar-refractivity contribution in [1.29, 1.82) is 0 Å². The molecular weight excluding hydrogens is 250 g/mol. The number of rotatable bonds is 5. The van der Waals surface area contributed by atoms with Crippen LogP contribution in [-0.4, -0.2) is 19.9 Å². The minimum atomic E-state index is -0.608. The predicted octanol–water partition coefficient (Wildman–Crippen LogP) is 2.62. The molecule has 1 unspecified atom stereocenters. The van der Waals surface area contributed by atoms with Crippen molar-refractivity contribution >= 4 is 11.6 Å². The lowest BCUT2D eigenvalue weighted by atomic mass is 10.1. The Morgan fingerprint density at radius 1 is 1.44 bits per heavy atom. The summed E-state index contributed by atoms with van der Waals surface area (Å²) < 4.78 is 1.83. The van der Waals surface area contributed by atoms with Crippen LogP contribution in [0.25, 0.3) is 0 Å². The van der Waals surface area contributed by atoms with E-state index in [-0.39, 0.29) is 0 Å². The Hall–Kier alpha value is -1.39. The van der Waals surface area contributed by atoms with Gasteiger partial charge in [-0.1, -0.05) is 30.7 Å². The summed E-state index contributed by atoms with van der Waals surface area (Å²) >= 11 is 5.91. The first-order valence-electron chi connectivity index (χ1n) is 6.01. The van der Waals surface area contributed by atoms with Crippen molar-refractivity contribution in [1.82, 2.24) is 14.8 Å². The molecule has 0 saturated carbocycles. The van der Waals surface area contributed by atoms with Crippen molar-refractivity contribution < 1.29 is 5.11 Å². The van der Waals surface area contributed by atoms with Gasteiger partial charge >= 0.3 is 0 Å². The van der Waals surface area contributed by atoms with Gasteiger partial charge in [0.2, 0.25) is 0 Å². The van der Waals surface area contributed by atoms with E-state index in [1.54, 1.807) is 12.1 Å².